The number of aromatic nitrogens is 2. The molecule has 0 bridgehead atoms. The van der Waals surface area contributed by atoms with E-state index >= 15 is 0 Å². The fourth-order valence-electron chi connectivity index (χ4n) is 2.43. The quantitative estimate of drug-likeness (QED) is 0.733. The van der Waals surface area contributed by atoms with Crippen LogP contribution in [0.15, 0.2) is 47.0 Å². The topological polar surface area (TPSA) is 71.3 Å². The van der Waals surface area contributed by atoms with E-state index < -0.39 is 0 Å². The average molecular weight is 368 g/mol. The lowest BCUT2D eigenvalue weighted by molar-refractivity contribution is 0.222. The van der Waals surface area contributed by atoms with Gasteiger partial charge in [0.05, 0.1) is 0 Å². The van der Waals surface area contributed by atoms with Crippen LogP contribution in [0.4, 0.5) is 14.9 Å². The fraction of sp³-hybridized carbons (Fsp3) is 0.250. The van der Waals surface area contributed by atoms with Crippen molar-refractivity contribution in [3.63, 3.8) is 0 Å². The lowest BCUT2D eigenvalue weighted by atomic mass is 10.1. The number of urea groups is 1. The van der Waals surface area contributed by atoms with Crippen LogP contribution in [0.5, 0.6) is 0 Å². The smallest absolute Gasteiger partial charge is 0.321 e. The van der Waals surface area contributed by atoms with Gasteiger partial charge >= 0.3 is 6.03 Å². The molecule has 1 heterocycles. The highest BCUT2D eigenvalue weighted by Gasteiger charge is 2.13. The SMILES string of the molecule is Cc1ccc(-c2nc(CCN(C)C(=O)Nc3ccc(C)c(F)c3)no2)cc1. The van der Waals surface area contributed by atoms with Gasteiger partial charge in [-0.3, -0.25) is 0 Å². The predicted octanol–water partition coefficient (Wildman–Crippen LogP) is 4.20. The molecule has 0 fully saturated rings. The van der Waals surface area contributed by atoms with Crippen LogP contribution in [0.2, 0.25) is 0 Å². The Morgan fingerprint density at radius 3 is 2.63 bits per heavy atom. The van der Waals surface area contributed by atoms with Crippen molar-refractivity contribution in [3.8, 4) is 11.5 Å². The molecule has 2 amide bonds. The highest BCUT2D eigenvalue weighted by atomic mass is 19.1. The van der Waals surface area contributed by atoms with E-state index in [0.717, 1.165) is 11.1 Å². The minimum Gasteiger partial charge on any atom is -0.334 e. The Morgan fingerprint density at radius 2 is 1.93 bits per heavy atom. The van der Waals surface area contributed by atoms with Gasteiger partial charge in [0.25, 0.3) is 5.89 Å². The minimum absolute atomic E-state index is 0.333. The van der Waals surface area contributed by atoms with Gasteiger partial charge in [-0.2, -0.15) is 4.98 Å². The molecule has 140 valence electrons. The average Bonchev–Trinajstić information content (AvgIpc) is 3.12. The van der Waals surface area contributed by atoms with Crippen LogP contribution in [-0.2, 0) is 6.42 Å². The lowest BCUT2D eigenvalue weighted by Crippen LogP contribution is -2.33. The number of benzene rings is 2. The summed E-state index contributed by atoms with van der Waals surface area (Å²) in [5.41, 5.74) is 2.95. The molecular formula is C20H21FN4O2. The van der Waals surface area contributed by atoms with E-state index in [9.17, 15) is 9.18 Å². The van der Waals surface area contributed by atoms with E-state index in [2.05, 4.69) is 15.5 Å². The zero-order valence-corrected chi connectivity index (χ0v) is 15.5. The molecule has 0 aliphatic carbocycles. The molecule has 0 atom stereocenters. The maximum absolute atomic E-state index is 13.6. The van der Waals surface area contributed by atoms with Gasteiger partial charge in [-0.1, -0.05) is 28.9 Å². The van der Waals surface area contributed by atoms with E-state index in [1.807, 2.05) is 31.2 Å². The molecule has 3 rings (SSSR count). The summed E-state index contributed by atoms with van der Waals surface area (Å²) in [7, 11) is 1.65. The lowest BCUT2D eigenvalue weighted by Gasteiger charge is -2.17. The van der Waals surface area contributed by atoms with Gasteiger partial charge in [0, 0.05) is 31.3 Å². The zero-order chi connectivity index (χ0) is 19.4. The van der Waals surface area contributed by atoms with E-state index in [4.69, 9.17) is 4.52 Å². The Balaban J connectivity index is 1.55. The van der Waals surface area contributed by atoms with Gasteiger partial charge in [0.2, 0.25) is 0 Å². The summed E-state index contributed by atoms with van der Waals surface area (Å²) in [5.74, 6) is 0.615. The first-order valence-corrected chi connectivity index (χ1v) is 8.60. The van der Waals surface area contributed by atoms with Crippen LogP contribution in [0.3, 0.4) is 0 Å². The molecule has 2 aromatic carbocycles. The molecular weight excluding hydrogens is 347 g/mol. The standard InChI is InChI=1S/C20H21FN4O2/c1-13-4-7-15(8-5-13)19-23-18(24-27-19)10-11-25(3)20(26)22-16-9-6-14(2)17(21)12-16/h4-9,12H,10-11H2,1-3H3,(H,22,26). The van der Waals surface area contributed by atoms with Crippen molar-refractivity contribution >= 4 is 11.7 Å². The first-order chi connectivity index (χ1) is 12.9. The van der Waals surface area contributed by atoms with Gasteiger partial charge in [-0.25, -0.2) is 9.18 Å². The van der Waals surface area contributed by atoms with Crippen LogP contribution in [0, 0.1) is 19.7 Å². The van der Waals surface area contributed by atoms with Gasteiger partial charge in [-0.05, 0) is 43.7 Å². The number of carbonyl (C=O) groups excluding carboxylic acids is 1. The molecule has 0 aliphatic heterocycles. The number of hydrogen-bond acceptors (Lipinski definition) is 4. The van der Waals surface area contributed by atoms with Crippen LogP contribution in [0.1, 0.15) is 17.0 Å². The largest absolute Gasteiger partial charge is 0.334 e. The summed E-state index contributed by atoms with van der Waals surface area (Å²) < 4.78 is 18.9. The Labute approximate surface area is 157 Å². The maximum atomic E-state index is 13.6. The second kappa shape index (κ2) is 7.99. The van der Waals surface area contributed by atoms with Crippen molar-refractivity contribution in [1.29, 1.82) is 0 Å². The molecule has 0 aliphatic rings. The van der Waals surface area contributed by atoms with Gasteiger partial charge in [-0.15, -0.1) is 0 Å². The van der Waals surface area contributed by atoms with Crippen LogP contribution >= 0.6 is 0 Å². The van der Waals surface area contributed by atoms with Crippen LogP contribution < -0.4 is 5.32 Å². The first-order valence-electron chi connectivity index (χ1n) is 8.60. The summed E-state index contributed by atoms with van der Waals surface area (Å²) in [6, 6.07) is 12.1. The first kappa shape index (κ1) is 18.6. The van der Waals surface area contributed by atoms with Crippen molar-refractivity contribution in [2.75, 3.05) is 18.9 Å². The van der Waals surface area contributed by atoms with E-state index in [0.29, 0.717) is 35.9 Å². The molecule has 27 heavy (non-hydrogen) atoms. The van der Waals surface area contributed by atoms with Gasteiger partial charge in [0.1, 0.15) is 5.82 Å². The molecule has 1 aromatic heterocycles. The summed E-state index contributed by atoms with van der Waals surface area (Å²) in [5, 5.41) is 6.62. The van der Waals surface area contributed by atoms with Crippen LogP contribution in [-0.4, -0.2) is 34.7 Å². The number of aryl methyl sites for hydroxylation is 2. The minimum atomic E-state index is -0.356. The third kappa shape index (κ3) is 4.69. The van der Waals surface area contributed by atoms with Crippen molar-refractivity contribution < 1.29 is 13.7 Å². The molecule has 0 radical (unpaired) electrons. The third-order valence-electron chi connectivity index (χ3n) is 4.21. The van der Waals surface area contributed by atoms with Crippen molar-refractivity contribution in [1.82, 2.24) is 15.0 Å². The molecule has 6 nitrogen and oxygen atoms in total. The normalized spacial score (nSPS) is 10.7. The Kier molecular flexibility index (Phi) is 5.49. The number of anilines is 1. The van der Waals surface area contributed by atoms with Crippen molar-refractivity contribution in [2.45, 2.75) is 20.3 Å². The van der Waals surface area contributed by atoms with E-state index in [-0.39, 0.29) is 11.8 Å². The molecule has 7 heteroatoms. The Bertz CT molecular complexity index is 937. The second-order valence-corrected chi connectivity index (χ2v) is 6.45. The number of carbonyl (C=O) groups is 1. The highest BCUT2D eigenvalue weighted by Crippen LogP contribution is 2.18. The second-order valence-electron chi connectivity index (χ2n) is 6.45. The van der Waals surface area contributed by atoms with Crippen LogP contribution in [0.25, 0.3) is 11.5 Å². The predicted molar refractivity (Wildman–Crippen MR) is 101 cm³/mol. The number of nitrogens with zero attached hydrogens (tertiary/aromatic N) is 3. The summed E-state index contributed by atoms with van der Waals surface area (Å²) >= 11 is 0. The summed E-state index contributed by atoms with van der Waals surface area (Å²) in [4.78, 5) is 18.1. The monoisotopic (exact) mass is 368 g/mol. The fourth-order valence-corrected chi connectivity index (χ4v) is 2.43. The molecule has 0 spiro atoms. The number of halogens is 1. The highest BCUT2D eigenvalue weighted by molar-refractivity contribution is 5.89. The van der Waals surface area contributed by atoms with Gasteiger partial charge in [0.15, 0.2) is 5.82 Å². The number of hydrogen-bond donors (Lipinski definition) is 1. The molecule has 0 unspecified atom stereocenters. The Morgan fingerprint density at radius 1 is 1.19 bits per heavy atom. The number of rotatable bonds is 5. The van der Waals surface area contributed by atoms with Gasteiger partial charge < -0.3 is 14.7 Å². The number of amides is 2. The van der Waals surface area contributed by atoms with Crippen molar-refractivity contribution in [3.05, 3.63) is 65.2 Å². The Hall–Kier alpha value is -3.22. The summed E-state index contributed by atoms with van der Waals surface area (Å²) in [6.07, 6.45) is 0.446. The summed E-state index contributed by atoms with van der Waals surface area (Å²) in [6.45, 7) is 4.07. The van der Waals surface area contributed by atoms with E-state index in [1.165, 1.54) is 11.0 Å². The molecule has 1 N–H and O–H groups in total. The molecule has 3 aromatic rings. The zero-order valence-electron chi connectivity index (χ0n) is 15.5. The van der Waals surface area contributed by atoms with Crippen molar-refractivity contribution in [2.24, 2.45) is 0 Å². The number of likely N-dealkylation sites (N-methyl/N-ethyl adjacent to an activating group) is 1. The molecule has 0 saturated carbocycles. The maximum Gasteiger partial charge on any atom is 0.321 e. The number of nitrogens with one attached hydrogen (secondary N) is 1. The molecule has 0 saturated heterocycles. The third-order valence-corrected chi connectivity index (χ3v) is 4.21. The van der Waals surface area contributed by atoms with E-state index in [1.54, 1.807) is 26.1 Å².